The van der Waals surface area contributed by atoms with Crippen LogP contribution in [0.5, 0.6) is 0 Å². The highest BCUT2D eigenvalue weighted by atomic mass is 19.4. The maximum Gasteiger partial charge on any atom is 0.416 e. The molecule has 1 aliphatic carbocycles. The third-order valence-electron chi connectivity index (χ3n) is 3.66. The van der Waals surface area contributed by atoms with Gasteiger partial charge in [-0.05, 0) is 37.0 Å². The van der Waals surface area contributed by atoms with E-state index in [1.165, 1.54) is 19.1 Å². The highest BCUT2D eigenvalue weighted by molar-refractivity contribution is 5.75. The molecule has 1 aromatic carbocycles. The molecular formula is C13H13F3O3. The van der Waals surface area contributed by atoms with E-state index >= 15 is 0 Å². The van der Waals surface area contributed by atoms with Crippen LogP contribution in [0.3, 0.4) is 0 Å². The molecule has 1 aliphatic rings. The first-order chi connectivity index (χ1) is 8.68. The van der Waals surface area contributed by atoms with Crippen LogP contribution in [0, 0.1) is 6.92 Å². The minimum atomic E-state index is -4.48. The average molecular weight is 274 g/mol. The molecule has 0 saturated heterocycles. The summed E-state index contributed by atoms with van der Waals surface area (Å²) in [6, 6.07) is 3.73. The van der Waals surface area contributed by atoms with Crippen LogP contribution < -0.4 is 0 Å². The first-order valence-corrected chi connectivity index (χ1v) is 5.78. The van der Waals surface area contributed by atoms with E-state index in [4.69, 9.17) is 5.11 Å². The molecule has 1 saturated carbocycles. The Morgan fingerprint density at radius 3 is 2.37 bits per heavy atom. The second-order valence-electron chi connectivity index (χ2n) is 4.92. The summed E-state index contributed by atoms with van der Waals surface area (Å²) in [5.41, 5.74) is -1.54. The number of benzene rings is 1. The van der Waals surface area contributed by atoms with Gasteiger partial charge in [0.15, 0.2) is 6.10 Å². The van der Waals surface area contributed by atoms with Crippen LogP contribution in [0.15, 0.2) is 18.2 Å². The number of hydrogen-bond acceptors (Lipinski definition) is 2. The Balaban J connectivity index is 2.45. The average Bonchev–Trinajstić information content (AvgIpc) is 3.08. The Hall–Kier alpha value is -1.56. The van der Waals surface area contributed by atoms with E-state index in [0.29, 0.717) is 12.8 Å². The van der Waals surface area contributed by atoms with E-state index in [2.05, 4.69) is 0 Å². The normalized spacial score (nSPS) is 19.0. The number of halogens is 3. The van der Waals surface area contributed by atoms with Crippen LogP contribution in [0.4, 0.5) is 13.2 Å². The lowest BCUT2D eigenvalue weighted by atomic mass is 9.87. The number of rotatable bonds is 3. The van der Waals surface area contributed by atoms with Crippen LogP contribution >= 0.6 is 0 Å². The van der Waals surface area contributed by atoms with Gasteiger partial charge in [0.25, 0.3) is 0 Å². The van der Waals surface area contributed by atoms with Crippen molar-refractivity contribution in [1.82, 2.24) is 0 Å². The Labute approximate surface area is 107 Å². The first kappa shape index (κ1) is 13.9. The van der Waals surface area contributed by atoms with Gasteiger partial charge >= 0.3 is 12.1 Å². The number of hydrogen-bond donors (Lipinski definition) is 2. The van der Waals surface area contributed by atoms with Crippen LogP contribution in [-0.2, 0) is 16.4 Å². The third-order valence-corrected chi connectivity index (χ3v) is 3.66. The van der Waals surface area contributed by atoms with E-state index in [9.17, 15) is 23.1 Å². The Morgan fingerprint density at radius 1 is 1.37 bits per heavy atom. The van der Waals surface area contributed by atoms with Gasteiger partial charge in [-0.2, -0.15) is 13.2 Å². The summed E-state index contributed by atoms with van der Waals surface area (Å²) < 4.78 is 38.5. The predicted octanol–water partition coefficient (Wildman–Crippen LogP) is 2.49. The van der Waals surface area contributed by atoms with E-state index in [-0.39, 0.29) is 11.1 Å². The Morgan fingerprint density at radius 2 is 1.95 bits per heavy atom. The van der Waals surface area contributed by atoms with Gasteiger partial charge in [-0.1, -0.05) is 12.1 Å². The van der Waals surface area contributed by atoms with Crippen molar-refractivity contribution in [2.45, 2.75) is 37.5 Å². The van der Waals surface area contributed by atoms with Crippen LogP contribution in [0.25, 0.3) is 0 Å². The van der Waals surface area contributed by atoms with Gasteiger partial charge in [0.2, 0.25) is 0 Å². The molecule has 0 amide bonds. The highest BCUT2D eigenvalue weighted by Gasteiger charge is 2.54. The fourth-order valence-corrected chi connectivity index (χ4v) is 2.33. The fraction of sp³-hybridized carbons (Fsp3) is 0.462. The summed E-state index contributed by atoms with van der Waals surface area (Å²) in [5, 5.41) is 18.5. The summed E-state index contributed by atoms with van der Waals surface area (Å²) >= 11 is 0. The standard InChI is InChI=1S/C13H13F3O3/c1-7-2-3-8(6-9(7)13(14,15)16)12(4-5-12)10(17)11(18)19/h2-3,6,10,17H,4-5H2,1H3,(H,18,19). The molecule has 0 aromatic heterocycles. The number of carboxylic acid groups (broad SMARTS) is 1. The van der Waals surface area contributed by atoms with Gasteiger partial charge in [-0.3, -0.25) is 0 Å². The molecule has 6 heteroatoms. The molecule has 0 heterocycles. The minimum Gasteiger partial charge on any atom is -0.479 e. The molecule has 1 fully saturated rings. The fourth-order valence-electron chi connectivity index (χ4n) is 2.33. The topological polar surface area (TPSA) is 57.5 Å². The molecule has 0 radical (unpaired) electrons. The first-order valence-electron chi connectivity index (χ1n) is 5.78. The molecule has 1 atom stereocenters. The number of aryl methyl sites for hydroxylation is 1. The molecule has 0 aliphatic heterocycles. The Kier molecular flexibility index (Phi) is 3.09. The molecule has 0 bridgehead atoms. The molecular weight excluding hydrogens is 261 g/mol. The van der Waals surface area contributed by atoms with Gasteiger partial charge in [-0.15, -0.1) is 0 Å². The molecule has 2 N–H and O–H groups in total. The zero-order valence-corrected chi connectivity index (χ0v) is 10.2. The summed E-state index contributed by atoms with van der Waals surface area (Å²) in [7, 11) is 0. The SMILES string of the molecule is Cc1ccc(C2(C(O)C(=O)O)CC2)cc1C(F)(F)F. The van der Waals surface area contributed by atoms with Gasteiger partial charge in [0, 0.05) is 5.41 Å². The van der Waals surface area contributed by atoms with E-state index in [1.54, 1.807) is 0 Å². The van der Waals surface area contributed by atoms with E-state index < -0.39 is 29.2 Å². The summed E-state index contributed by atoms with van der Waals surface area (Å²) in [5.74, 6) is -1.41. The van der Waals surface area contributed by atoms with E-state index in [1.807, 2.05) is 0 Å². The quantitative estimate of drug-likeness (QED) is 0.890. The summed E-state index contributed by atoms with van der Waals surface area (Å²) in [4.78, 5) is 10.8. The van der Waals surface area contributed by atoms with Gasteiger partial charge in [0.05, 0.1) is 5.56 Å². The van der Waals surface area contributed by atoms with Crippen molar-refractivity contribution in [3.63, 3.8) is 0 Å². The molecule has 2 rings (SSSR count). The van der Waals surface area contributed by atoms with Crippen molar-refractivity contribution in [1.29, 1.82) is 0 Å². The predicted molar refractivity (Wildman–Crippen MR) is 60.7 cm³/mol. The number of aliphatic carboxylic acids is 1. The number of carboxylic acids is 1. The lowest BCUT2D eigenvalue weighted by Gasteiger charge is -2.21. The zero-order valence-electron chi connectivity index (χ0n) is 10.2. The van der Waals surface area contributed by atoms with Crippen molar-refractivity contribution in [2.24, 2.45) is 0 Å². The summed E-state index contributed by atoms with van der Waals surface area (Å²) in [6.07, 6.45) is -5.40. The van der Waals surface area contributed by atoms with Crippen molar-refractivity contribution >= 4 is 5.97 Å². The van der Waals surface area contributed by atoms with Gasteiger partial charge in [0.1, 0.15) is 0 Å². The third kappa shape index (κ3) is 2.32. The van der Waals surface area contributed by atoms with Crippen LogP contribution in [0.1, 0.15) is 29.5 Å². The molecule has 1 unspecified atom stereocenters. The van der Waals surface area contributed by atoms with E-state index in [0.717, 1.165) is 6.07 Å². The second-order valence-corrected chi connectivity index (χ2v) is 4.92. The number of aliphatic hydroxyl groups excluding tert-OH is 1. The monoisotopic (exact) mass is 274 g/mol. The van der Waals surface area contributed by atoms with Crippen molar-refractivity contribution in [3.05, 3.63) is 34.9 Å². The summed E-state index contributed by atoms with van der Waals surface area (Å²) in [6.45, 7) is 1.35. The van der Waals surface area contributed by atoms with Crippen LogP contribution in [0.2, 0.25) is 0 Å². The zero-order chi connectivity index (χ0) is 14.4. The molecule has 104 valence electrons. The number of alkyl halides is 3. The lowest BCUT2D eigenvalue weighted by molar-refractivity contribution is -0.148. The van der Waals surface area contributed by atoms with Crippen molar-refractivity contribution in [2.75, 3.05) is 0 Å². The maximum absolute atomic E-state index is 12.8. The molecule has 0 spiro atoms. The smallest absolute Gasteiger partial charge is 0.416 e. The number of carbonyl (C=O) groups is 1. The highest BCUT2D eigenvalue weighted by Crippen LogP contribution is 2.52. The molecule has 3 nitrogen and oxygen atoms in total. The van der Waals surface area contributed by atoms with Gasteiger partial charge in [-0.25, -0.2) is 4.79 Å². The van der Waals surface area contributed by atoms with Crippen molar-refractivity contribution in [3.8, 4) is 0 Å². The second kappa shape index (κ2) is 4.23. The maximum atomic E-state index is 12.8. The van der Waals surface area contributed by atoms with Crippen LogP contribution in [-0.4, -0.2) is 22.3 Å². The Bertz CT molecular complexity index is 518. The van der Waals surface area contributed by atoms with Crippen molar-refractivity contribution < 1.29 is 28.2 Å². The van der Waals surface area contributed by atoms with Gasteiger partial charge < -0.3 is 10.2 Å². The minimum absolute atomic E-state index is 0.0804. The lowest BCUT2D eigenvalue weighted by Crippen LogP contribution is -2.34. The molecule has 19 heavy (non-hydrogen) atoms. The largest absolute Gasteiger partial charge is 0.479 e. The number of aliphatic hydroxyl groups is 1. The molecule has 1 aromatic rings.